The van der Waals surface area contributed by atoms with Crippen molar-refractivity contribution in [1.29, 1.82) is 0 Å². The highest BCUT2D eigenvalue weighted by molar-refractivity contribution is 6.31. The smallest absolute Gasteiger partial charge is 0.322 e. The quantitative estimate of drug-likeness (QED) is 0.463. The van der Waals surface area contributed by atoms with E-state index in [0.29, 0.717) is 19.6 Å². The number of nitrogens with one attached hydrogen (secondary N) is 1. The lowest BCUT2D eigenvalue weighted by Gasteiger charge is -2.24. The number of amides is 2. The molecule has 0 spiro atoms. The molecule has 0 aliphatic heterocycles. The van der Waals surface area contributed by atoms with E-state index in [1.807, 2.05) is 72.6 Å². The van der Waals surface area contributed by atoms with E-state index in [1.54, 1.807) is 0 Å². The van der Waals surface area contributed by atoms with Gasteiger partial charge in [0.25, 0.3) is 0 Å². The number of anilines is 1. The van der Waals surface area contributed by atoms with Gasteiger partial charge in [0.2, 0.25) is 0 Å². The van der Waals surface area contributed by atoms with Crippen molar-refractivity contribution in [3.05, 3.63) is 88.7 Å². The van der Waals surface area contributed by atoms with Crippen molar-refractivity contribution in [1.82, 2.24) is 9.47 Å². The maximum Gasteiger partial charge on any atom is 0.322 e. The summed E-state index contributed by atoms with van der Waals surface area (Å²) in [5.74, 6) is 0. The Bertz CT molecular complexity index is 933. The van der Waals surface area contributed by atoms with Gasteiger partial charge in [-0.15, -0.1) is 0 Å². The summed E-state index contributed by atoms with van der Waals surface area (Å²) in [5, 5.41) is 3.78. The molecule has 0 unspecified atom stereocenters. The van der Waals surface area contributed by atoms with Crippen molar-refractivity contribution >= 4 is 23.3 Å². The number of urea groups is 1. The zero-order chi connectivity index (χ0) is 20.6. The molecule has 0 radical (unpaired) electrons. The first-order valence-electron chi connectivity index (χ1n) is 10.1. The molecule has 0 aliphatic carbocycles. The number of hydrogen-bond donors (Lipinski definition) is 1. The summed E-state index contributed by atoms with van der Waals surface area (Å²) in [5.41, 5.74) is 4.13. The standard InChI is InChI=1S/C24H28ClN3O/c1-3-4-15-28(24(29)26-21-13-11-19(2)12-14-21)18-22-9-7-16-27(22)17-20-8-5-6-10-23(20)25/h5-14,16H,3-4,15,17-18H2,1-2H3,(H,26,29). The Hall–Kier alpha value is -2.72. The van der Waals surface area contributed by atoms with E-state index >= 15 is 0 Å². The van der Waals surface area contributed by atoms with Gasteiger partial charge < -0.3 is 14.8 Å². The SMILES string of the molecule is CCCCN(Cc1cccn1Cc1ccccc1Cl)C(=O)Nc1ccc(C)cc1. The van der Waals surface area contributed by atoms with Crippen LogP contribution in [0, 0.1) is 6.92 Å². The minimum atomic E-state index is -0.0761. The van der Waals surface area contributed by atoms with Gasteiger partial charge in [0.05, 0.1) is 6.54 Å². The first-order valence-corrected chi connectivity index (χ1v) is 10.4. The Kier molecular flexibility index (Phi) is 7.36. The van der Waals surface area contributed by atoms with Crippen LogP contribution in [0.3, 0.4) is 0 Å². The van der Waals surface area contributed by atoms with Gasteiger partial charge in [-0.1, -0.05) is 60.8 Å². The number of halogens is 1. The zero-order valence-electron chi connectivity index (χ0n) is 17.1. The first-order chi connectivity index (χ1) is 14.1. The molecule has 0 bridgehead atoms. The summed E-state index contributed by atoms with van der Waals surface area (Å²) in [6.07, 6.45) is 4.04. The second-order valence-corrected chi connectivity index (χ2v) is 7.70. The maximum atomic E-state index is 12.9. The number of rotatable bonds is 8. The summed E-state index contributed by atoms with van der Waals surface area (Å²) in [6.45, 7) is 6.12. The molecule has 0 aliphatic rings. The molecule has 0 saturated carbocycles. The van der Waals surface area contributed by atoms with E-state index in [2.05, 4.69) is 22.9 Å². The number of benzene rings is 2. The van der Waals surface area contributed by atoms with Gasteiger partial charge >= 0.3 is 6.03 Å². The van der Waals surface area contributed by atoms with Crippen molar-refractivity contribution in [2.45, 2.75) is 39.8 Å². The molecule has 4 nitrogen and oxygen atoms in total. The van der Waals surface area contributed by atoms with E-state index in [9.17, 15) is 4.79 Å². The number of unbranched alkanes of at least 4 members (excludes halogenated alkanes) is 1. The Morgan fingerprint density at radius 1 is 1.07 bits per heavy atom. The van der Waals surface area contributed by atoms with Crippen LogP contribution < -0.4 is 5.32 Å². The molecule has 2 amide bonds. The number of nitrogens with zero attached hydrogens (tertiary/aromatic N) is 2. The topological polar surface area (TPSA) is 37.3 Å². The highest BCUT2D eigenvalue weighted by Crippen LogP contribution is 2.19. The molecule has 0 saturated heterocycles. The van der Waals surface area contributed by atoms with Gasteiger partial charge in [-0.3, -0.25) is 0 Å². The Balaban J connectivity index is 1.73. The second-order valence-electron chi connectivity index (χ2n) is 7.29. The minimum Gasteiger partial charge on any atom is -0.345 e. The Morgan fingerprint density at radius 3 is 2.55 bits per heavy atom. The third kappa shape index (κ3) is 5.88. The first kappa shape index (κ1) is 21.0. The maximum absolute atomic E-state index is 12.9. The van der Waals surface area contributed by atoms with Crippen molar-refractivity contribution in [2.24, 2.45) is 0 Å². The van der Waals surface area contributed by atoms with Gasteiger partial charge in [0.1, 0.15) is 0 Å². The monoisotopic (exact) mass is 409 g/mol. The molecule has 1 heterocycles. The summed E-state index contributed by atoms with van der Waals surface area (Å²) in [4.78, 5) is 14.8. The van der Waals surface area contributed by atoms with Gasteiger partial charge in [-0.2, -0.15) is 0 Å². The molecular formula is C24H28ClN3O. The number of hydrogen-bond acceptors (Lipinski definition) is 1. The molecule has 152 valence electrons. The third-order valence-electron chi connectivity index (χ3n) is 4.95. The number of aryl methyl sites for hydroxylation is 1. The molecule has 0 atom stereocenters. The fourth-order valence-corrected chi connectivity index (χ4v) is 3.39. The largest absolute Gasteiger partial charge is 0.345 e. The normalized spacial score (nSPS) is 10.7. The van der Waals surface area contributed by atoms with Gasteiger partial charge in [0, 0.05) is 35.7 Å². The molecule has 0 fully saturated rings. The van der Waals surface area contributed by atoms with Gasteiger partial charge in [0.15, 0.2) is 0 Å². The lowest BCUT2D eigenvalue weighted by molar-refractivity contribution is 0.207. The predicted molar refractivity (Wildman–Crippen MR) is 121 cm³/mol. The highest BCUT2D eigenvalue weighted by atomic mass is 35.5. The van der Waals surface area contributed by atoms with Crippen LogP contribution in [-0.4, -0.2) is 22.0 Å². The minimum absolute atomic E-state index is 0.0761. The molecule has 1 aromatic heterocycles. The van der Waals surface area contributed by atoms with Crippen LogP contribution in [0.4, 0.5) is 10.5 Å². The summed E-state index contributed by atoms with van der Waals surface area (Å²) in [6, 6.07) is 19.7. The lowest BCUT2D eigenvalue weighted by atomic mass is 10.2. The van der Waals surface area contributed by atoms with Crippen molar-refractivity contribution in [3.8, 4) is 0 Å². The van der Waals surface area contributed by atoms with E-state index in [-0.39, 0.29) is 6.03 Å². The van der Waals surface area contributed by atoms with Crippen LogP contribution in [0.15, 0.2) is 66.9 Å². The van der Waals surface area contributed by atoms with E-state index in [4.69, 9.17) is 11.6 Å². The van der Waals surface area contributed by atoms with E-state index in [0.717, 1.165) is 34.8 Å². The summed E-state index contributed by atoms with van der Waals surface area (Å²) >= 11 is 6.33. The number of carbonyl (C=O) groups is 1. The zero-order valence-corrected chi connectivity index (χ0v) is 17.8. The molecule has 29 heavy (non-hydrogen) atoms. The van der Waals surface area contributed by atoms with Crippen LogP contribution >= 0.6 is 11.6 Å². The van der Waals surface area contributed by atoms with Crippen LogP contribution in [0.1, 0.15) is 36.6 Å². The molecule has 3 aromatic rings. The average molecular weight is 410 g/mol. The van der Waals surface area contributed by atoms with Crippen molar-refractivity contribution in [2.75, 3.05) is 11.9 Å². The Morgan fingerprint density at radius 2 is 1.83 bits per heavy atom. The second kappa shape index (κ2) is 10.2. The highest BCUT2D eigenvalue weighted by Gasteiger charge is 2.16. The van der Waals surface area contributed by atoms with Crippen LogP contribution in [0.2, 0.25) is 5.02 Å². The Labute approximate surface area is 178 Å². The van der Waals surface area contributed by atoms with Crippen molar-refractivity contribution in [3.63, 3.8) is 0 Å². The van der Waals surface area contributed by atoms with Gasteiger partial charge in [-0.05, 0) is 49.2 Å². The van der Waals surface area contributed by atoms with Crippen LogP contribution in [-0.2, 0) is 13.1 Å². The molecule has 1 N–H and O–H groups in total. The van der Waals surface area contributed by atoms with E-state index < -0.39 is 0 Å². The van der Waals surface area contributed by atoms with Crippen LogP contribution in [0.25, 0.3) is 0 Å². The third-order valence-corrected chi connectivity index (χ3v) is 5.32. The number of aromatic nitrogens is 1. The fourth-order valence-electron chi connectivity index (χ4n) is 3.19. The summed E-state index contributed by atoms with van der Waals surface area (Å²) < 4.78 is 2.15. The lowest BCUT2D eigenvalue weighted by Crippen LogP contribution is -2.36. The molecule has 5 heteroatoms. The van der Waals surface area contributed by atoms with Crippen LogP contribution in [0.5, 0.6) is 0 Å². The molecule has 2 aromatic carbocycles. The molecular weight excluding hydrogens is 382 g/mol. The summed E-state index contributed by atoms with van der Waals surface area (Å²) in [7, 11) is 0. The average Bonchev–Trinajstić information content (AvgIpc) is 3.15. The fraction of sp³-hybridized carbons (Fsp3) is 0.292. The van der Waals surface area contributed by atoms with E-state index in [1.165, 1.54) is 5.56 Å². The van der Waals surface area contributed by atoms with Gasteiger partial charge in [-0.25, -0.2) is 4.79 Å². The van der Waals surface area contributed by atoms with Crippen molar-refractivity contribution < 1.29 is 4.79 Å². The number of carbonyl (C=O) groups excluding carboxylic acids is 1. The molecule has 3 rings (SSSR count). The predicted octanol–water partition coefficient (Wildman–Crippen LogP) is 6.33.